The molecule has 26 heavy (non-hydrogen) atoms. The molecular weight excluding hydrogens is 352 g/mol. The van der Waals surface area contributed by atoms with Gasteiger partial charge in [0.2, 0.25) is 16.8 Å². The highest BCUT2D eigenvalue weighted by molar-refractivity contribution is 7.89. The zero-order valence-corrected chi connectivity index (χ0v) is 15.5. The van der Waals surface area contributed by atoms with Crippen LogP contribution in [0.1, 0.15) is 12.0 Å². The second-order valence-corrected chi connectivity index (χ2v) is 8.57. The van der Waals surface area contributed by atoms with Crippen LogP contribution in [0.25, 0.3) is 0 Å². The maximum absolute atomic E-state index is 12.6. The lowest BCUT2D eigenvalue weighted by molar-refractivity contribution is 0.174. The van der Waals surface area contributed by atoms with Crippen LogP contribution < -0.4 is 19.1 Å². The molecule has 7 heteroatoms. The third kappa shape index (κ3) is 3.50. The number of nitrogens with one attached hydrogen (secondary N) is 1. The van der Waals surface area contributed by atoms with E-state index in [2.05, 4.69) is 40.8 Å². The molecular formula is C19H22N2O4S. The van der Waals surface area contributed by atoms with Gasteiger partial charge < -0.3 is 14.4 Å². The summed E-state index contributed by atoms with van der Waals surface area (Å²) in [5.41, 5.74) is 2.43. The van der Waals surface area contributed by atoms with Crippen molar-refractivity contribution in [2.75, 3.05) is 31.3 Å². The van der Waals surface area contributed by atoms with Gasteiger partial charge in [0.05, 0.1) is 4.90 Å². The molecule has 1 fully saturated rings. The van der Waals surface area contributed by atoms with Crippen molar-refractivity contribution >= 4 is 15.7 Å². The van der Waals surface area contributed by atoms with Crippen LogP contribution in [-0.4, -0.2) is 34.8 Å². The van der Waals surface area contributed by atoms with E-state index < -0.39 is 10.0 Å². The first-order valence-electron chi connectivity index (χ1n) is 8.72. The number of rotatable bonds is 5. The molecule has 1 N–H and O–H groups in total. The number of anilines is 1. The van der Waals surface area contributed by atoms with Crippen LogP contribution in [0.4, 0.5) is 5.69 Å². The van der Waals surface area contributed by atoms with Gasteiger partial charge in [0.1, 0.15) is 0 Å². The maximum atomic E-state index is 12.6. The summed E-state index contributed by atoms with van der Waals surface area (Å²) in [5, 5.41) is 0. The molecule has 2 heterocycles. The molecule has 2 aromatic rings. The Kier molecular flexibility index (Phi) is 4.50. The normalized spacial score (nSPS) is 19.1. The van der Waals surface area contributed by atoms with E-state index in [0.717, 1.165) is 19.5 Å². The van der Waals surface area contributed by atoms with Crippen molar-refractivity contribution in [3.63, 3.8) is 0 Å². The van der Waals surface area contributed by atoms with Crippen LogP contribution >= 0.6 is 0 Å². The van der Waals surface area contributed by atoms with Gasteiger partial charge in [-0.15, -0.1) is 0 Å². The quantitative estimate of drug-likeness (QED) is 0.871. The fraction of sp³-hybridized carbons (Fsp3) is 0.368. The lowest BCUT2D eigenvalue weighted by Gasteiger charge is -2.19. The zero-order chi connectivity index (χ0) is 18.1. The lowest BCUT2D eigenvalue weighted by Crippen LogP contribution is -2.31. The first-order chi connectivity index (χ1) is 12.5. The minimum absolute atomic E-state index is 0.128. The Morgan fingerprint density at radius 2 is 2.00 bits per heavy atom. The fourth-order valence-electron chi connectivity index (χ4n) is 3.41. The number of benzene rings is 2. The number of sulfonamides is 1. The number of nitrogens with zero attached hydrogens (tertiary/aromatic N) is 1. The van der Waals surface area contributed by atoms with Gasteiger partial charge in [-0.05, 0) is 49.1 Å². The summed E-state index contributed by atoms with van der Waals surface area (Å²) in [6.07, 6.45) is 0.970. The summed E-state index contributed by atoms with van der Waals surface area (Å²) in [6.45, 7) is 4.44. The largest absolute Gasteiger partial charge is 0.454 e. The van der Waals surface area contributed by atoms with Crippen LogP contribution in [0.2, 0.25) is 0 Å². The summed E-state index contributed by atoms with van der Waals surface area (Å²) in [5.74, 6) is 1.34. The second-order valence-electron chi connectivity index (χ2n) is 6.81. The summed E-state index contributed by atoms with van der Waals surface area (Å²) in [4.78, 5) is 2.52. The summed E-state index contributed by atoms with van der Waals surface area (Å²) in [7, 11) is -3.56. The Bertz CT molecular complexity index is 914. The predicted octanol–water partition coefficient (Wildman–Crippen LogP) is 2.53. The van der Waals surface area contributed by atoms with E-state index in [0.29, 0.717) is 24.0 Å². The molecule has 1 atom stereocenters. The molecule has 0 amide bonds. The summed E-state index contributed by atoms with van der Waals surface area (Å²) in [6, 6.07) is 13.1. The highest BCUT2D eigenvalue weighted by Gasteiger charge is 2.26. The van der Waals surface area contributed by atoms with Gasteiger partial charge in [-0.25, -0.2) is 13.1 Å². The monoisotopic (exact) mass is 374 g/mol. The first-order valence-corrected chi connectivity index (χ1v) is 10.2. The molecule has 138 valence electrons. The number of fused-ring (bicyclic) bond motifs is 1. The van der Waals surface area contributed by atoms with Crippen molar-refractivity contribution in [3.05, 3.63) is 48.0 Å². The van der Waals surface area contributed by atoms with E-state index in [9.17, 15) is 8.42 Å². The number of aryl methyl sites for hydroxylation is 1. The Morgan fingerprint density at radius 1 is 1.15 bits per heavy atom. The van der Waals surface area contributed by atoms with E-state index >= 15 is 0 Å². The van der Waals surface area contributed by atoms with Crippen LogP contribution in [0, 0.1) is 12.8 Å². The van der Waals surface area contributed by atoms with Crippen molar-refractivity contribution < 1.29 is 17.9 Å². The number of hydrogen-bond donors (Lipinski definition) is 1. The Balaban J connectivity index is 1.38. The number of ether oxygens (including phenoxy) is 2. The molecule has 0 aromatic heterocycles. The molecule has 6 nitrogen and oxygen atoms in total. The maximum Gasteiger partial charge on any atom is 0.240 e. The van der Waals surface area contributed by atoms with Crippen LogP contribution in [0.15, 0.2) is 47.4 Å². The molecule has 1 saturated heterocycles. The topological polar surface area (TPSA) is 67.9 Å². The third-order valence-corrected chi connectivity index (χ3v) is 6.29. The Labute approximate surface area is 153 Å². The van der Waals surface area contributed by atoms with Gasteiger partial charge in [0.15, 0.2) is 11.5 Å². The first kappa shape index (κ1) is 17.2. The molecule has 2 aliphatic rings. The average Bonchev–Trinajstić information content (AvgIpc) is 3.28. The molecule has 0 bridgehead atoms. The van der Waals surface area contributed by atoms with Crippen molar-refractivity contribution in [1.82, 2.24) is 4.72 Å². The highest BCUT2D eigenvalue weighted by Crippen LogP contribution is 2.33. The molecule has 2 aromatic carbocycles. The number of hydrogen-bond acceptors (Lipinski definition) is 5. The van der Waals surface area contributed by atoms with Crippen molar-refractivity contribution in [2.45, 2.75) is 18.2 Å². The van der Waals surface area contributed by atoms with Gasteiger partial charge in [-0.2, -0.15) is 0 Å². The van der Waals surface area contributed by atoms with E-state index in [1.807, 2.05) is 0 Å². The molecule has 0 spiro atoms. The van der Waals surface area contributed by atoms with Gasteiger partial charge >= 0.3 is 0 Å². The minimum Gasteiger partial charge on any atom is -0.454 e. The predicted molar refractivity (Wildman–Crippen MR) is 99.3 cm³/mol. The zero-order valence-electron chi connectivity index (χ0n) is 14.6. The molecule has 0 aliphatic carbocycles. The van der Waals surface area contributed by atoms with E-state index in [4.69, 9.17) is 9.47 Å². The Hall–Kier alpha value is -2.25. The molecule has 1 unspecified atom stereocenters. The minimum atomic E-state index is -3.56. The van der Waals surface area contributed by atoms with Gasteiger partial charge in [-0.3, -0.25) is 0 Å². The third-order valence-electron chi connectivity index (χ3n) is 4.87. The molecule has 0 radical (unpaired) electrons. The molecule has 0 saturated carbocycles. The van der Waals surface area contributed by atoms with Gasteiger partial charge in [-0.1, -0.05) is 12.1 Å². The average molecular weight is 374 g/mol. The van der Waals surface area contributed by atoms with Gasteiger partial charge in [0, 0.05) is 31.4 Å². The van der Waals surface area contributed by atoms with E-state index in [1.54, 1.807) is 12.1 Å². The molecule has 4 rings (SSSR count). The van der Waals surface area contributed by atoms with Crippen LogP contribution in [0.5, 0.6) is 11.5 Å². The van der Waals surface area contributed by atoms with E-state index in [1.165, 1.54) is 17.3 Å². The Morgan fingerprint density at radius 3 is 2.85 bits per heavy atom. The van der Waals surface area contributed by atoms with Gasteiger partial charge in [0.25, 0.3) is 0 Å². The fourth-order valence-corrected chi connectivity index (χ4v) is 4.54. The lowest BCUT2D eigenvalue weighted by atomic mass is 10.1. The summed E-state index contributed by atoms with van der Waals surface area (Å²) >= 11 is 0. The SMILES string of the molecule is Cc1cccc(N2CCC(CNS(=O)(=O)c3ccc4c(c3)OCO4)C2)c1. The van der Waals surface area contributed by atoms with E-state index in [-0.39, 0.29) is 11.7 Å². The van der Waals surface area contributed by atoms with Crippen LogP contribution in [0.3, 0.4) is 0 Å². The highest BCUT2D eigenvalue weighted by atomic mass is 32.2. The van der Waals surface area contributed by atoms with Crippen LogP contribution in [-0.2, 0) is 10.0 Å². The smallest absolute Gasteiger partial charge is 0.240 e. The van der Waals surface area contributed by atoms with Crippen molar-refractivity contribution in [1.29, 1.82) is 0 Å². The van der Waals surface area contributed by atoms with Crippen molar-refractivity contribution in [2.24, 2.45) is 5.92 Å². The standard InChI is InChI=1S/C19H22N2O4S/c1-14-3-2-4-16(9-14)21-8-7-15(12-21)11-20-26(22,23)17-5-6-18-19(10-17)25-13-24-18/h2-6,9-10,15,20H,7-8,11-13H2,1H3. The summed E-state index contributed by atoms with van der Waals surface area (Å²) < 4.78 is 38.4. The molecule has 2 aliphatic heterocycles. The second kappa shape index (κ2) is 6.81. The van der Waals surface area contributed by atoms with Crippen molar-refractivity contribution in [3.8, 4) is 11.5 Å².